The Bertz CT molecular complexity index is 907. The molecular weight excluding hydrogens is 334 g/mol. The quantitative estimate of drug-likeness (QED) is 0.673. The van der Waals surface area contributed by atoms with E-state index in [1.807, 2.05) is 13.0 Å². The fourth-order valence-electron chi connectivity index (χ4n) is 4.03. The maximum atomic E-state index is 11.6. The highest BCUT2D eigenvalue weighted by Gasteiger charge is 2.36. The molecule has 142 valence electrons. The van der Waals surface area contributed by atoms with Crippen LogP contribution in [0, 0.1) is 0 Å². The first kappa shape index (κ1) is 19.3. The zero-order valence-corrected chi connectivity index (χ0v) is 17.0. The molecule has 0 spiro atoms. The minimum Gasteiger partial charge on any atom is -0.478 e. The van der Waals surface area contributed by atoms with Crippen molar-refractivity contribution < 1.29 is 9.90 Å². The van der Waals surface area contributed by atoms with E-state index in [-0.39, 0.29) is 16.4 Å². The fourth-order valence-corrected chi connectivity index (χ4v) is 4.03. The lowest BCUT2D eigenvalue weighted by Crippen LogP contribution is -2.33. The normalized spacial score (nSPS) is 17.7. The van der Waals surface area contributed by atoms with Gasteiger partial charge in [0.15, 0.2) is 0 Å². The number of nitrogens with zero attached hydrogens (tertiary/aromatic N) is 1. The Morgan fingerprint density at radius 1 is 1.07 bits per heavy atom. The van der Waals surface area contributed by atoms with Gasteiger partial charge in [0.05, 0.1) is 11.3 Å². The maximum Gasteiger partial charge on any atom is 0.337 e. The third-order valence-corrected chi connectivity index (χ3v) is 5.95. The minimum absolute atomic E-state index is 0.141. The van der Waals surface area contributed by atoms with Crippen molar-refractivity contribution in [3.8, 4) is 0 Å². The standard InChI is InChI=1S/C24H29NO2/c1-6-17-8-7-9-18(22(26)27)21(17)25-15-16-10-11-19-20(14-16)24(4,5)13-12-23(19,2)3/h7-11,14-15H,6,12-13H2,1-5H3,(H,26,27). The highest BCUT2D eigenvalue weighted by atomic mass is 16.4. The molecule has 1 aliphatic carbocycles. The van der Waals surface area contributed by atoms with E-state index < -0.39 is 5.97 Å². The molecule has 0 atom stereocenters. The van der Waals surface area contributed by atoms with Gasteiger partial charge in [0.2, 0.25) is 0 Å². The van der Waals surface area contributed by atoms with Crippen LogP contribution in [-0.4, -0.2) is 17.3 Å². The van der Waals surface area contributed by atoms with Gasteiger partial charge in [0.25, 0.3) is 0 Å². The molecule has 0 heterocycles. The number of hydrogen-bond donors (Lipinski definition) is 1. The number of carboxylic acids is 1. The largest absolute Gasteiger partial charge is 0.478 e. The summed E-state index contributed by atoms with van der Waals surface area (Å²) in [5.74, 6) is -0.939. The molecule has 27 heavy (non-hydrogen) atoms. The lowest BCUT2D eigenvalue weighted by atomic mass is 9.63. The molecule has 0 fully saturated rings. The van der Waals surface area contributed by atoms with Crippen LogP contribution < -0.4 is 0 Å². The minimum atomic E-state index is -0.939. The second kappa shape index (κ2) is 6.95. The SMILES string of the molecule is CCc1cccc(C(=O)O)c1N=Cc1ccc2c(c1)C(C)(C)CCC2(C)C. The van der Waals surface area contributed by atoms with Gasteiger partial charge in [-0.15, -0.1) is 0 Å². The summed E-state index contributed by atoms with van der Waals surface area (Å²) < 4.78 is 0. The number of benzene rings is 2. The van der Waals surface area contributed by atoms with Gasteiger partial charge in [-0.05, 0) is 64.5 Å². The third kappa shape index (κ3) is 3.69. The van der Waals surface area contributed by atoms with Crippen LogP contribution in [0.5, 0.6) is 0 Å². The van der Waals surface area contributed by atoms with E-state index in [1.165, 1.54) is 17.5 Å². The van der Waals surface area contributed by atoms with Crippen molar-refractivity contribution in [2.24, 2.45) is 4.99 Å². The average Bonchev–Trinajstić information content (AvgIpc) is 2.63. The molecule has 0 amide bonds. The van der Waals surface area contributed by atoms with Crippen LogP contribution >= 0.6 is 0 Å². The second-order valence-corrected chi connectivity index (χ2v) is 8.80. The molecule has 3 rings (SSSR count). The third-order valence-electron chi connectivity index (χ3n) is 5.95. The molecule has 1 N–H and O–H groups in total. The molecule has 0 aromatic heterocycles. The number of para-hydroxylation sites is 1. The first-order chi connectivity index (χ1) is 12.7. The highest BCUT2D eigenvalue weighted by molar-refractivity contribution is 5.96. The number of rotatable bonds is 4. The Kier molecular flexibility index (Phi) is 4.98. The molecular formula is C24H29NO2. The molecule has 0 bridgehead atoms. The monoisotopic (exact) mass is 363 g/mol. The number of carbonyl (C=O) groups is 1. The van der Waals surface area contributed by atoms with E-state index in [1.54, 1.807) is 18.3 Å². The summed E-state index contributed by atoms with van der Waals surface area (Å²) >= 11 is 0. The van der Waals surface area contributed by atoms with Crippen molar-refractivity contribution in [3.63, 3.8) is 0 Å². The predicted molar refractivity (Wildman–Crippen MR) is 112 cm³/mol. The zero-order valence-electron chi connectivity index (χ0n) is 17.0. The van der Waals surface area contributed by atoms with Gasteiger partial charge >= 0.3 is 5.97 Å². The summed E-state index contributed by atoms with van der Waals surface area (Å²) in [5.41, 5.74) is 5.90. The Labute approximate surface area is 162 Å². The summed E-state index contributed by atoms with van der Waals surface area (Å²) in [6.07, 6.45) is 4.90. The van der Waals surface area contributed by atoms with Gasteiger partial charge in [-0.1, -0.05) is 58.9 Å². The first-order valence-electron chi connectivity index (χ1n) is 9.70. The van der Waals surface area contributed by atoms with E-state index in [4.69, 9.17) is 0 Å². The first-order valence-corrected chi connectivity index (χ1v) is 9.70. The van der Waals surface area contributed by atoms with Gasteiger partial charge in [0, 0.05) is 6.21 Å². The summed E-state index contributed by atoms with van der Waals surface area (Å²) in [5, 5.41) is 9.49. The van der Waals surface area contributed by atoms with Gasteiger partial charge in [0.1, 0.15) is 0 Å². The summed E-state index contributed by atoms with van der Waals surface area (Å²) in [7, 11) is 0. The molecule has 0 saturated heterocycles. The van der Waals surface area contributed by atoms with Crippen molar-refractivity contribution in [3.05, 3.63) is 64.2 Å². The molecule has 0 unspecified atom stereocenters. The Hall–Kier alpha value is -2.42. The lowest BCUT2D eigenvalue weighted by Gasteiger charge is -2.42. The van der Waals surface area contributed by atoms with E-state index in [0.29, 0.717) is 5.69 Å². The average molecular weight is 364 g/mol. The van der Waals surface area contributed by atoms with Crippen LogP contribution in [0.2, 0.25) is 0 Å². The van der Waals surface area contributed by atoms with Crippen molar-refractivity contribution in [2.45, 2.75) is 64.7 Å². The molecule has 1 aliphatic rings. The summed E-state index contributed by atoms with van der Waals surface area (Å²) in [6.45, 7) is 11.2. The topological polar surface area (TPSA) is 49.7 Å². The molecule has 2 aromatic rings. The Balaban J connectivity index is 2.05. The highest BCUT2D eigenvalue weighted by Crippen LogP contribution is 2.45. The second-order valence-electron chi connectivity index (χ2n) is 8.80. The van der Waals surface area contributed by atoms with Crippen molar-refractivity contribution >= 4 is 17.9 Å². The number of aryl methyl sites for hydroxylation is 1. The van der Waals surface area contributed by atoms with Crippen molar-refractivity contribution in [1.82, 2.24) is 0 Å². The number of aliphatic imine (C=N–C) groups is 1. The van der Waals surface area contributed by atoms with E-state index >= 15 is 0 Å². The number of carboxylic acid groups (broad SMARTS) is 1. The molecule has 0 radical (unpaired) electrons. The van der Waals surface area contributed by atoms with Crippen molar-refractivity contribution in [2.75, 3.05) is 0 Å². The van der Waals surface area contributed by atoms with Crippen LogP contribution in [0.1, 0.15) is 80.1 Å². The Morgan fingerprint density at radius 2 is 1.74 bits per heavy atom. The van der Waals surface area contributed by atoms with E-state index in [2.05, 4.69) is 50.9 Å². The lowest BCUT2D eigenvalue weighted by molar-refractivity contribution is 0.0697. The van der Waals surface area contributed by atoms with Crippen LogP contribution in [0.3, 0.4) is 0 Å². The van der Waals surface area contributed by atoms with Crippen LogP contribution in [0.25, 0.3) is 0 Å². The van der Waals surface area contributed by atoms with Gasteiger partial charge in [-0.2, -0.15) is 0 Å². The number of hydrogen-bond acceptors (Lipinski definition) is 2. The summed E-state index contributed by atoms with van der Waals surface area (Å²) in [4.78, 5) is 16.2. The van der Waals surface area contributed by atoms with Gasteiger partial charge < -0.3 is 5.11 Å². The molecule has 2 aromatic carbocycles. The summed E-state index contributed by atoms with van der Waals surface area (Å²) in [6, 6.07) is 11.9. The van der Waals surface area contributed by atoms with Crippen molar-refractivity contribution in [1.29, 1.82) is 0 Å². The number of fused-ring (bicyclic) bond motifs is 1. The number of aromatic carboxylic acids is 1. The molecule has 0 saturated carbocycles. The van der Waals surface area contributed by atoms with Crippen LogP contribution in [0.15, 0.2) is 41.4 Å². The predicted octanol–water partition coefficient (Wildman–Crippen LogP) is 6.05. The zero-order chi connectivity index (χ0) is 19.8. The Morgan fingerprint density at radius 3 is 2.37 bits per heavy atom. The van der Waals surface area contributed by atoms with Gasteiger partial charge in [-0.3, -0.25) is 4.99 Å². The maximum absolute atomic E-state index is 11.6. The molecule has 3 heteroatoms. The van der Waals surface area contributed by atoms with E-state index in [9.17, 15) is 9.90 Å². The smallest absolute Gasteiger partial charge is 0.337 e. The molecule has 0 aliphatic heterocycles. The van der Waals surface area contributed by atoms with E-state index in [0.717, 1.165) is 24.0 Å². The molecule has 3 nitrogen and oxygen atoms in total. The fraction of sp³-hybridized carbons (Fsp3) is 0.417. The van der Waals surface area contributed by atoms with Crippen LogP contribution in [-0.2, 0) is 17.3 Å². The van der Waals surface area contributed by atoms with Gasteiger partial charge in [-0.25, -0.2) is 4.79 Å². The van der Waals surface area contributed by atoms with Crippen LogP contribution in [0.4, 0.5) is 5.69 Å².